The van der Waals surface area contributed by atoms with Gasteiger partial charge in [0.15, 0.2) is 0 Å². The molecule has 2 heterocycles. The molecule has 1 saturated heterocycles. The summed E-state index contributed by atoms with van der Waals surface area (Å²) < 4.78 is 13.2. The summed E-state index contributed by atoms with van der Waals surface area (Å²) in [6, 6.07) is -0.279. The number of halogens is 1. The van der Waals surface area contributed by atoms with Crippen LogP contribution >= 0.6 is 0 Å². The van der Waals surface area contributed by atoms with E-state index in [1.54, 1.807) is 20.8 Å². The van der Waals surface area contributed by atoms with Gasteiger partial charge in [0.25, 0.3) is 11.8 Å². The van der Waals surface area contributed by atoms with Crippen LogP contribution in [-0.2, 0) is 19.2 Å². The van der Waals surface area contributed by atoms with Crippen LogP contribution in [0.5, 0.6) is 0 Å². The number of hydrogen-bond acceptors (Lipinski definition) is 6. The summed E-state index contributed by atoms with van der Waals surface area (Å²) in [4.78, 5) is 64.7. The van der Waals surface area contributed by atoms with Crippen LogP contribution in [0.15, 0.2) is 18.5 Å². The summed E-state index contributed by atoms with van der Waals surface area (Å²) in [7, 11) is 0. The second kappa shape index (κ2) is 10.1. The van der Waals surface area contributed by atoms with Crippen molar-refractivity contribution in [2.45, 2.75) is 45.2 Å². The third kappa shape index (κ3) is 7.43. The molecule has 0 aromatic carbocycles. The quantitative estimate of drug-likeness (QED) is 0.403. The van der Waals surface area contributed by atoms with E-state index in [1.807, 2.05) is 0 Å². The van der Waals surface area contributed by atoms with Crippen LogP contribution in [0.4, 0.5) is 4.39 Å². The first kappa shape index (κ1) is 23.9. The van der Waals surface area contributed by atoms with Gasteiger partial charge in [0, 0.05) is 24.2 Å². The Morgan fingerprint density at radius 2 is 1.97 bits per heavy atom. The molecule has 0 bridgehead atoms. The van der Waals surface area contributed by atoms with Gasteiger partial charge in [-0.25, -0.2) is 4.39 Å². The fraction of sp³-hybridized carbons (Fsp3) is 0.500. The van der Waals surface area contributed by atoms with Crippen LogP contribution in [0.3, 0.4) is 0 Å². The van der Waals surface area contributed by atoms with Crippen molar-refractivity contribution in [3.8, 4) is 0 Å². The highest BCUT2D eigenvalue weighted by Gasteiger charge is 2.34. The van der Waals surface area contributed by atoms with Gasteiger partial charge in [-0.1, -0.05) is 0 Å². The fourth-order valence-electron chi connectivity index (χ4n) is 2.99. The normalized spacial score (nSPS) is 16.8. The molecule has 1 fully saturated rings. The largest absolute Gasteiger partial charge is 0.356 e. The average Bonchev–Trinajstić information content (AvgIpc) is 3.08. The Morgan fingerprint density at radius 3 is 2.55 bits per heavy atom. The number of carbonyl (C=O) groups excluding carboxylic acids is 5. The molecule has 0 saturated carbocycles. The maximum atomic E-state index is 13.2. The number of rotatable bonds is 8. The molecule has 0 radical (unpaired) electrons. The molecule has 1 aromatic heterocycles. The van der Waals surface area contributed by atoms with Crippen molar-refractivity contribution < 1.29 is 28.4 Å². The summed E-state index contributed by atoms with van der Waals surface area (Å²) in [6.07, 6.45) is 2.50. The van der Waals surface area contributed by atoms with E-state index in [0.29, 0.717) is 13.0 Å². The van der Waals surface area contributed by atoms with Gasteiger partial charge in [-0.05, 0) is 39.7 Å². The molecule has 0 unspecified atom stereocenters. The summed E-state index contributed by atoms with van der Waals surface area (Å²) in [5, 5.41) is 9.88. The van der Waals surface area contributed by atoms with Gasteiger partial charge in [0.1, 0.15) is 5.82 Å². The van der Waals surface area contributed by atoms with E-state index in [-0.39, 0.29) is 17.9 Å². The molecule has 0 spiro atoms. The zero-order chi connectivity index (χ0) is 23.2. The van der Waals surface area contributed by atoms with Gasteiger partial charge in [-0.15, -0.1) is 0 Å². The number of hydrogen-bond donors (Lipinski definition) is 4. The molecule has 31 heavy (non-hydrogen) atoms. The molecule has 11 heteroatoms. The molecule has 1 aliphatic rings. The minimum atomic E-state index is -1.24. The summed E-state index contributed by atoms with van der Waals surface area (Å²) in [6.45, 7) is 5.04. The number of nitrogens with one attached hydrogen (secondary N) is 4. The Bertz CT molecular complexity index is 883. The third-order valence-corrected chi connectivity index (χ3v) is 4.42. The molecule has 2 rings (SSSR count). The number of amides is 4. The SMILES string of the molecule is CC(C)(C)NC(=O)C(=O)[C@H](C[C@@H]1CCNC1=O)NC(=O)CNC(=O)c1cncc(F)c1. The first-order chi connectivity index (χ1) is 14.5. The average molecular weight is 435 g/mol. The van der Waals surface area contributed by atoms with Crippen molar-refractivity contribution in [1.82, 2.24) is 26.3 Å². The number of pyridine rings is 1. The van der Waals surface area contributed by atoms with Gasteiger partial charge in [0.2, 0.25) is 17.6 Å². The predicted molar refractivity (Wildman–Crippen MR) is 107 cm³/mol. The summed E-state index contributed by atoms with van der Waals surface area (Å²) >= 11 is 0. The maximum absolute atomic E-state index is 13.2. The van der Waals surface area contributed by atoms with Crippen molar-refractivity contribution >= 4 is 29.4 Å². The van der Waals surface area contributed by atoms with Gasteiger partial charge >= 0.3 is 0 Å². The lowest BCUT2D eigenvalue weighted by Crippen LogP contribution is -2.53. The van der Waals surface area contributed by atoms with E-state index >= 15 is 0 Å². The number of Topliss-reactive ketones (excluding diaryl/α,β-unsaturated/α-hetero) is 1. The number of aromatic nitrogens is 1. The van der Waals surface area contributed by atoms with Gasteiger partial charge in [-0.3, -0.25) is 29.0 Å². The molecule has 1 aromatic rings. The van der Waals surface area contributed by atoms with Crippen LogP contribution in [0, 0.1) is 11.7 Å². The second-order valence-electron chi connectivity index (χ2n) is 8.28. The van der Waals surface area contributed by atoms with E-state index in [9.17, 15) is 28.4 Å². The Hall–Kier alpha value is -3.37. The highest BCUT2D eigenvalue weighted by atomic mass is 19.1. The van der Waals surface area contributed by atoms with Crippen LogP contribution in [0.1, 0.15) is 44.0 Å². The Morgan fingerprint density at radius 1 is 1.26 bits per heavy atom. The zero-order valence-corrected chi connectivity index (χ0v) is 17.6. The molecule has 2 atom stereocenters. The molecule has 1 aliphatic heterocycles. The smallest absolute Gasteiger partial charge is 0.290 e. The lowest BCUT2D eigenvalue weighted by molar-refractivity contribution is -0.141. The van der Waals surface area contributed by atoms with Gasteiger partial charge in [0.05, 0.1) is 24.3 Å². The van der Waals surface area contributed by atoms with E-state index in [4.69, 9.17) is 0 Å². The molecular formula is C20H26FN5O5. The van der Waals surface area contributed by atoms with Crippen molar-refractivity contribution in [3.63, 3.8) is 0 Å². The monoisotopic (exact) mass is 435 g/mol. The predicted octanol–water partition coefficient (Wildman–Crippen LogP) is -0.555. The standard InChI is InChI=1S/C20H26FN5O5/c1-20(2,3)26-19(31)16(28)14(7-11-4-5-23-17(11)29)25-15(27)10-24-18(30)12-6-13(21)9-22-8-12/h6,8-9,11,14H,4-5,7,10H2,1-3H3,(H,23,29)(H,24,30)(H,25,27)(H,26,31)/t11-,14-/m0/s1. The van der Waals surface area contributed by atoms with Crippen molar-refractivity contribution in [3.05, 3.63) is 29.8 Å². The Balaban J connectivity index is 2.02. The fourth-order valence-corrected chi connectivity index (χ4v) is 2.99. The molecule has 10 nitrogen and oxygen atoms in total. The molecule has 4 amide bonds. The molecule has 168 valence electrons. The minimum absolute atomic E-state index is 0.0459. The van der Waals surface area contributed by atoms with Crippen LogP contribution < -0.4 is 21.3 Å². The number of carbonyl (C=O) groups is 5. The van der Waals surface area contributed by atoms with Gasteiger partial charge < -0.3 is 21.3 Å². The summed E-state index contributed by atoms with van der Waals surface area (Å²) in [5.74, 6) is -4.72. The lowest BCUT2D eigenvalue weighted by atomic mass is 9.95. The van der Waals surface area contributed by atoms with Crippen LogP contribution in [-0.4, -0.2) is 59.1 Å². The highest BCUT2D eigenvalue weighted by molar-refractivity contribution is 6.38. The number of ketones is 1. The van der Waals surface area contributed by atoms with Crippen molar-refractivity contribution in [1.29, 1.82) is 0 Å². The minimum Gasteiger partial charge on any atom is -0.356 e. The van der Waals surface area contributed by atoms with Crippen molar-refractivity contribution in [2.24, 2.45) is 5.92 Å². The summed E-state index contributed by atoms with van der Waals surface area (Å²) in [5.41, 5.74) is -0.744. The van der Waals surface area contributed by atoms with E-state index < -0.39 is 53.4 Å². The van der Waals surface area contributed by atoms with Crippen LogP contribution in [0.25, 0.3) is 0 Å². The zero-order valence-electron chi connectivity index (χ0n) is 17.6. The first-order valence-electron chi connectivity index (χ1n) is 9.78. The van der Waals surface area contributed by atoms with Gasteiger partial charge in [-0.2, -0.15) is 0 Å². The van der Waals surface area contributed by atoms with E-state index in [1.165, 1.54) is 0 Å². The Kier molecular flexibility index (Phi) is 7.78. The maximum Gasteiger partial charge on any atom is 0.290 e. The van der Waals surface area contributed by atoms with E-state index in [2.05, 4.69) is 26.3 Å². The molecule has 0 aliphatic carbocycles. The topological polar surface area (TPSA) is 146 Å². The van der Waals surface area contributed by atoms with Crippen LogP contribution in [0.2, 0.25) is 0 Å². The molecular weight excluding hydrogens is 409 g/mol. The lowest BCUT2D eigenvalue weighted by Gasteiger charge is -2.23. The molecule has 4 N–H and O–H groups in total. The highest BCUT2D eigenvalue weighted by Crippen LogP contribution is 2.17. The number of nitrogens with zero attached hydrogens (tertiary/aromatic N) is 1. The van der Waals surface area contributed by atoms with E-state index in [0.717, 1.165) is 18.5 Å². The van der Waals surface area contributed by atoms with Crippen molar-refractivity contribution in [2.75, 3.05) is 13.1 Å². The second-order valence-corrected chi connectivity index (χ2v) is 8.28. The first-order valence-corrected chi connectivity index (χ1v) is 9.78. The third-order valence-electron chi connectivity index (χ3n) is 4.42. The Labute approximate surface area is 178 Å².